The Morgan fingerprint density at radius 3 is 2.67 bits per heavy atom. The minimum atomic E-state index is -0.567. The molecule has 30 heavy (non-hydrogen) atoms. The molecular formula is C26H23NO2S. The summed E-state index contributed by atoms with van der Waals surface area (Å²) in [5, 5.41) is 5.27. The standard InChI is InChI=1S/C26H23NO2S/c1-3-26(28-2,25-27-16-18-30-25)22-13-7-14-23(19-22)29-17-8-12-21-11-6-10-20-9-4-5-15-24(20)21/h4-7,9-11,13-16,18-19H,3,17H2,1-2H3. The molecule has 1 aromatic heterocycles. The predicted octanol–water partition coefficient (Wildman–Crippen LogP) is 6.03. The van der Waals surface area contributed by atoms with Crippen molar-refractivity contribution in [3.8, 4) is 17.6 Å². The molecule has 4 aromatic rings. The van der Waals surface area contributed by atoms with Crippen LogP contribution in [0.4, 0.5) is 0 Å². The molecule has 150 valence electrons. The van der Waals surface area contributed by atoms with Crippen molar-refractivity contribution < 1.29 is 9.47 Å². The van der Waals surface area contributed by atoms with E-state index in [1.807, 2.05) is 54.0 Å². The molecule has 0 spiro atoms. The molecule has 0 N–H and O–H groups in total. The van der Waals surface area contributed by atoms with Gasteiger partial charge >= 0.3 is 0 Å². The van der Waals surface area contributed by atoms with Crippen molar-refractivity contribution in [2.45, 2.75) is 18.9 Å². The van der Waals surface area contributed by atoms with E-state index >= 15 is 0 Å². The number of benzene rings is 3. The largest absolute Gasteiger partial charge is 0.481 e. The van der Waals surface area contributed by atoms with Gasteiger partial charge in [-0.1, -0.05) is 67.3 Å². The van der Waals surface area contributed by atoms with Crippen molar-refractivity contribution in [3.05, 3.63) is 94.4 Å². The number of hydrogen-bond acceptors (Lipinski definition) is 4. The summed E-state index contributed by atoms with van der Waals surface area (Å²) in [5.41, 5.74) is 1.47. The first kappa shape index (κ1) is 20.2. The lowest BCUT2D eigenvalue weighted by Crippen LogP contribution is -2.29. The third kappa shape index (κ3) is 3.95. The minimum Gasteiger partial charge on any atom is -0.481 e. The lowest BCUT2D eigenvalue weighted by Gasteiger charge is -2.30. The van der Waals surface area contributed by atoms with Gasteiger partial charge in [-0.2, -0.15) is 0 Å². The van der Waals surface area contributed by atoms with Crippen molar-refractivity contribution in [1.82, 2.24) is 4.98 Å². The van der Waals surface area contributed by atoms with E-state index in [9.17, 15) is 0 Å². The average molecular weight is 414 g/mol. The Morgan fingerprint density at radius 1 is 1.03 bits per heavy atom. The molecule has 1 heterocycles. The Hall–Kier alpha value is -3.13. The molecule has 0 aliphatic heterocycles. The van der Waals surface area contributed by atoms with Gasteiger partial charge in [0.15, 0.2) is 0 Å². The van der Waals surface area contributed by atoms with E-state index in [1.54, 1.807) is 18.4 Å². The first-order valence-electron chi connectivity index (χ1n) is 9.92. The Morgan fingerprint density at radius 2 is 1.87 bits per heavy atom. The smallest absolute Gasteiger partial charge is 0.149 e. The van der Waals surface area contributed by atoms with Crippen LogP contribution >= 0.6 is 11.3 Å². The number of ether oxygens (including phenoxy) is 2. The third-order valence-electron chi connectivity index (χ3n) is 5.25. The molecule has 0 aliphatic rings. The Bertz CT molecular complexity index is 1180. The minimum absolute atomic E-state index is 0.316. The van der Waals surface area contributed by atoms with Gasteiger partial charge in [-0.15, -0.1) is 11.3 Å². The first-order valence-corrected chi connectivity index (χ1v) is 10.8. The van der Waals surface area contributed by atoms with Crippen molar-refractivity contribution in [2.24, 2.45) is 0 Å². The molecule has 3 nitrogen and oxygen atoms in total. The van der Waals surface area contributed by atoms with E-state index in [-0.39, 0.29) is 0 Å². The van der Waals surface area contributed by atoms with Crippen LogP contribution in [-0.2, 0) is 10.3 Å². The van der Waals surface area contributed by atoms with Gasteiger partial charge in [0.2, 0.25) is 0 Å². The molecular weight excluding hydrogens is 390 g/mol. The molecule has 4 heteroatoms. The van der Waals surface area contributed by atoms with Crippen LogP contribution in [0.1, 0.15) is 29.5 Å². The second kappa shape index (κ2) is 9.13. The topological polar surface area (TPSA) is 31.4 Å². The molecule has 0 amide bonds. The summed E-state index contributed by atoms with van der Waals surface area (Å²) in [7, 11) is 1.73. The van der Waals surface area contributed by atoms with Crippen LogP contribution in [-0.4, -0.2) is 18.7 Å². The van der Waals surface area contributed by atoms with E-state index in [4.69, 9.17) is 9.47 Å². The monoisotopic (exact) mass is 413 g/mol. The Labute approximate surface area is 181 Å². The summed E-state index contributed by atoms with van der Waals surface area (Å²) in [6, 6.07) is 22.4. The number of thiazole rings is 1. The second-order valence-corrected chi connectivity index (χ2v) is 7.76. The molecule has 0 saturated carbocycles. The zero-order chi connectivity index (χ0) is 20.8. The normalized spacial score (nSPS) is 12.7. The highest BCUT2D eigenvalue weighted by Crippen LogP contribution is 2.38. The maximum Gasteiger partial charge on any atom is 0.149 e. The van der Waals surface area contributed by atoms with Crippen molar-refractivity contribution in [1.29, 1.82) is 0 Å². The van der Waals surface area contributed by atoms with Gasteiger partial charge in [0.1, 0.15) is 23.0 Å². The highest BCUT2D eigenvalue weighted by Gasteiger charge is 2.35. The van der Waals surface area contributed by atoms with Gasteiger partial charge in [-0.05, 0) is 41.0 Å². The van der Waals surface area contributed by atoms with Gasteiger partial charge in [-0.25, -0.2) is 4.98 Å². The van der Waals surface area contributed by atoms with Crippen LogP contribution in [0.3, 0.4) is 0 Å². The van der Waals surface area contributed by atoms with Gasteiger partial charge in [0, 0.05) is 24.3 Å². The van der Waals surface area contributed by atoms with E-state index < -0.39 is 5.60 Å². The van der Waals surface area contributed by atoms with Gasteiger partial charge in [0.25, 0.3) is 0 Å². The van der Waals surface area contributed by atoms with Crippen molar-refractivity contribution in [3.63, 3.8) is 0 Å². The third-order valence-corrected chi connectivity index (χ3v) is 6.16. The van der Waals surface area contributed by atoms with Crippen LogP contribution in [0.2, 0.25) is 0 Å². The van der Waals surface area contributed by atoms with Gasteiger partial charge < -0.3 is 9.47 Å². The average Bonchev–Trinajstić information content (AvgIpc) is 3.34. The zero-order valence-electron chi connectivity index (χ0n) is 17.1. The molecule has 1 unspecified atom stereocenters. The summed E-state index contributed by atoms with van der Waals surface area (Å²) in [5.74, 6) is 7.15. The number of rotatable bonds is 6. The molecule has 0 bridgehead atoms. The summed E-state index contributed by atoms with van der Waals surface area (Å²) in [4.78, 5) is 4.50. The number of nitrogens with zero attached hydrogens (tertiary/aromatic N) is 1. The van der Waals surface area contributed by atoms with Crippen LogP contribution in [0.25, 0.3) is 10.8 Å². The number of aromatic nitrogens is 1. The lowest BCUT2D eigenvalue weighted by atomic mass is 9.91. The van der Waals surface area contributed by atoms with Crippen LogP contribution in [0.5, 0.6) is 5.75 Å². The molecule has 0 fully saturated rings. The fraction of sp³-hybridized carbons (Fsp3) is 0.192. The molecule has 0 aliphatic carbocycles. The summed E-state index contributed by atoms with van der Waals surface area (Å²) >= 11 is 1.60. The van der Waals surface area contributed by atoms with Crippen LogP contribution in [0.15, 0.2) is 78.3 Å². The van der Waals surface area contributed by atoms with Gasteiger partial charge in [-0.3, -0.25) is 0 Å². The highest BCUT2D eigenvalue weighted by atomic mass is 32.1. The molecule has 4 rings (SSSR count). The summed E-state index contributed by atoms with van der Waals surface area (Å²) in [6.07, 6.45) is 2.59. The van der Waals surface area contributed by atoms with Crippen LogP contribution < -0.4 is 4.74 Å². The highest BCUT2D eigenvalue weighted by molar-refractivity contribution is 7.09. The maximum absolute atomic E-state index is 5.96. The second-order valence-electron chi connectivity index (χ2n) is 6.87. The molecule has 3 aromatic carbocycles. The van der Waals surface area contributed by atoms with E-state index in [2.05, 4.69) is 48.0 Å². The van der Waals surface area contributed by atoms with Crippen LogP contribution in [0, 0.1) is 11.8 Å². The van der Waals surface area contributed by atoms with E-state index in [1.165, 1.54) is 5.39 Å². The van der Waals surface area contributed by atoms with Gasteiger partial charge in [0.05, 0.1) is 0 Å². The first-order chi connectivity index (χ1) is 14.8. The fourth-order valence-electron chi connectivity index (χ4n) is 3.67. The molecule has 1 atom stereocenters. The number of methoxy groups -OCH3 is 1. The summed E-state index contributed by atoms with van der Waals surface area (Å²) in [6.45, 7) is 2.42. The Kier molecular flexibility index (Phi) is 6.13. The lowest BCUT2D eigenvalue weighted by molar-refractivity contribution is 0.0182. The van der Waals surface area contributed by atoms with Crippen molar-refractivity contribution >= 4 is 22.1 Å². The zero-order valence-corrected chi connectivity index (χ0v) is 17.9. The quantitative estimate of drug-likeness (QED) is 0.362. The number of hydrogen-bond donors (Lipinski definition) is 0. The maximum atomic E-state index is 5.96. The SMILES string of the molecule is CCC(OC)(c1cccc(OCC#Cc2cccc3ccccc23)c1)c1nccs1. The molecule has 0 radical (unpaired) electrons. The molecule has 0 saturated heterocycles. The number of fused-ring (bicyclic) bond motifs is 1. The predicted molar refractivity (Wildman–Crippen MR) is 123 cm³/mol. The fourth-order valence-corrected chi connectivity index (χ4v) is 4.58. The van der Waals surface area contributed by atoms with E-state index in [0.717, 1.165) is 33.7 Å². The van der Waals surface area contributed by atoms with E-state index in [0.29, 0.717) is 6.61 Å². The summed E-state index contributed by atoms with van der Waals surface area (Å²) < 4.78 is 11.9. The Balaban J connectivity index is 1.53. The van der Waals surface area contributed by atoms with Crippen molar-refractivity contribution in [2.75, 3.05) is 13.7 Å².